The third kappa shape index (κ3) is 3.11. The molecule has 34 heavy (non-hydrogen) atoms. The van der Waals surface area contributed by atoms with Crippen LogP contribution in [0.1, 0.15) is 35.4 Å². The number of methoxy groups -OCH3 is 1. The molecule has 2 aromatic carbocycles. The molecule has 8 heteroatoms. The number of fused-ring (bicyclic) bond motifs is 6. The molecule has 2 aromatic heterocycles. The zero-order valence-corrected chi connectivity index (χ0v) is 19.6. The molecule has 1 aliphatic heterocycles. The van der Waals surface area contributed by atoms with E-state index in [0.29, 0.717) is 46.0 Å². The fraction of sp³-hybridized carbons (Fsp3) is 0.346. The average Bonchev–Trinajstić information content (AvgIpc) is 3.45. The van der Waals surface area contributed by atoms with Crippen molar-refractivity contribution in [3.05, 3.63) is 73.9 Å². The Labute approximate surface area is 199 Å². The number of nitrogens with zero attached hydrogens (tertiary/aromatic N) is 2. The maximum absolute atomic E-state index is 13.3. The lowest BCUT2D eigenvalue weighted by Gasteiger charge is -2.31. The van der Waals surface area contributed by atoms with Crippen LogP contribution in [0.25, 0.3) is 20.3 Å². The number of benzene rings is 2. The Morgan fingerprint density at radius 2 is 2.09 bits per heavy atom. The van der Waals surface area contributed by atoms with Crippen molar-refractivity contribution in [1.29, 1.82) is 5.26 Å². The first-order valence-electron chi connectivity index (χ1n) is 11.6. The predicted octanol–water partition coefficient (Wildman–Crippen LogP) is 3.49. The van der Waals surface area contributed by atoms with Crippen molar-refractivity contribution >= 4 is 31.6 Å². The number of thiophene rings is 1. The number of rotatable bonds is 4. The highest BCUT2D eigenvalue weighted by molar-refractivity contribution is 7.25. The number of hydrogen-bond donors (Lipinski definition) is 2. The fourth-order valence-electron chi connectivity index (χ4n) is 5.99. The molecule has 2 aliphatic rings. The van der Waals surface area contributed by atoms with E-state index in [-0.39, 0.29) is 11.6 Å². The largest absolute Gasteiger partial charge is 0.496 e. The number of hydrogen-bond acceptors (Lipinski definition) is 6. The molecule has 1 unspecified atom stereocenters. The summed E-state index contributed by atoms with van der Waals surface area (Å²) >= 11 is 1.33. The Bertz CT molecular complexity index is 1590. The Hall–Kier alpha value is -3.41. The molecule has 4 aromatic rings. The number of nitriles is 1. The summed E-state index contributed by atoms with van der Waals surface area (Å²) in [5, 5.41) is 13.8. The summed E-state index contributed by atoms with van der Waals surface area (Å²) in [6.07, 6.45) is 2.75. The van der Waals surface area contributed by atoms with Gasteiger partial charge in [-0.2, -0.15) is 5.26 Å². The van der Waals surface area contributed by atoms with E-state index >= 15 is 0 Å². The van der Waals surface area contributed by atoms with E-state index in [0.717, 1.165) is 29.8 Å². The fourth-order valence-corrected chi connectivity index (χ4v) is 7.13. The zero-order valence-electron chi connectivity index (χ0n) is 18.8. The van der Waals surface area contributed by atoms with E-state index in [9.17, 15) is 14.9 Å². The maximum atomic E-state index is 13.3. The third-order valence-electron chi connectivity index (χ3n) is 7.57. The minimum absolute atomic E-state index is 0.249. The van der Waals surface area contributed by atoms with Gasteiger partial charge in [0.05, 0.1) is 24.3 Å². The van der Waals surface area contributed by atoms with Crippen molar-refractivity contribution in [3.8, 4) is 11.8 Å². The molecule has 3 atom stereocenters. The van der Waals surface area contributed by atoms with Gasteiger partial charge in [-0.25, -0.2) is 4.79 Å². The molecule has 7 nitrogen and oxygen atoms in total. The standard InChI is InChI=1S/C26H24N4O3S/c1-33-20-6-3-5-15-17(20)9-8-16-18(15)13-28-19(16)10-11-30-25(31)24-23(29-26(30)32)22-14(12-27)4-2-7-21(22)34-24/h2-7,16,18-19,28H,8-11,13H2,1H3,(H,29,32)/t16-,18+,19?/m1/s1. The van der Waals surface area contributed by atoms with E-state index in [4.69, 9.17) is 4.74 Å². The molecule has 1 fully saturated rings. The average molecular weight is 473 g/mol. The normalized spacial score (nSPS) is 21.4. The minimum atomic E-state index is -0.418. The van der Waals surface area contributed by atoms with Gasteiger partial charge in [-0.1, -0.05) is 18.2 Å². The lowest BCUT2D eigenvalue weighted by Crippen LogP contribution is -2.38. The Morgan fingerprint density at radius 3 is 2.91 bits per heavy atom. The van der Waals surface area contributed by atoms with Gasteiger partial charge in [0.2, 0.25) is 0 Å². The maximum Gasteiger partial charge on any atom is 0.328 e. The second-order valence-electron chi connectivity index (χ2n) is 9.12. The number of aromatic amines is 1. The molecular formula is C26H24N4O3S. The van der Waals surface area contributed by atoms with Crippen molar-refractivity contribution in [2.24, 2.45) is 5.92 Å². The summed E-state index contributed by atoms with van der Waals surface area (Å²) < 4.78 is 8.22. The van der Waals surface area contributed by atoms with Gasteiger partial charge in [-0.15, -0.1) is 11.3 Å². The molecule has 6 rings (SSSR count). The molecule has 172 valence electrons. The van der Waals surface area contributed by atoms with Gasteiger partial charge in [0, 0.05) is 35.1 Å². The van der Waals surface area contributed by atoms with Gasteiger partial charge in [-0.05, 0) is 54.5 Å². The summed E-state index contributed by atoms with van der Waals surface area (Å²) in [6, 6.07) is 14.1. The van der Waals surface area contributed by atoms with E-state index in [2.05, 4.69) is 28.5 Å². The summed E-state index contributed by atoms with van der Waals surface area (Å²) in [5.41, 5.74) is 2.91. The number of H-pyrrole nitrogens is 1. The number of ether oxygens (including phenoxy) is 1. The van der Waals surface area contributed by atoms with Gasteiger partial charge < -0.3 is 15.0 Å². The lowest BCUT2D eigenvalue weighted by molar-refractivity contribution is 0.337. The first kappa shape index (κ1) is 21.1. The third-order valence-corrected chi connectivity index (χ3v) is 8.71. The van der Waals surface area contributed by atoms with Crippen LogP contribution in [0.15, 0.2) is 46.0 Å². The minimum Gasteiger partial charge on any atom is -0.496 e. The van der Waals surface area contributed by atoms with Crippen LogP contribution >= 0.6 is 11.3 Å². The summed E-state index contributed by atoms with van der Waals surface area (Å²) in [5.74, 6) is 1.86. The second-order valence-corrected chi connectivity index (χ2v) is 10.2. The SMILES string of the molecule is COc1cccc2c1CC[C@H]1C(CCn3c(=O)[nH]c4c(sc5cccc(C#N)c54)c3=O)NC[C@@H]21. The van der Waals surface area contributed by atoms with Gasteiger partial charge in [-0.3, -0.25) is 9.36 Å². The van der Waals surface area contributed by atoms with Crippen molar-refractivity contribution in [1.82, 2.24) is 14.9 Å². The zero-order chi connectivity index (χ0) is 23.4. The first-order valence-corrected chi connectivity index (χ1v) is 12.4. The number of aromatic nitrogens is 2. The van der Waals surface area contributed by atoms with E-state index in [1.807, 2.05) is 12.1 Å². The van der Waals surface area contributed by atoms with Gasteiger partial charge in [0.25, 0.3) is 5.56 Å². The lowest BCUT2D eigenvalue weighted by atomic mass is 9.74. The van der Waals surface area contributed by atoms with Gasteiger partial charge in [0.15, 0.2) is 0 Å². The highest BCUT2D eigenvalue weighted by Gasteiger charge is 2.40. The van der Waals surface area contributed by atoms with Crippen LogP contribution in [-0.4, -0.2) is 29.2 Å². The highest BCUT2D eigenvalue weighted by Crippen LogP contribution is 2.44. The molecule has 1 aliphatic carbocycles. The second kappa shape index (κ2) is 8.12. The molecule has 0 bridgehead atoms. The van der Waals surface area contributed by atoms with E-state index in [1.54, 1.807) is 19.2 Å². The van der Waals surface area contributed by atoms with Crippen LogP contribution in [0.4, 0.5) is 0 Å². The quantitative estimate of drug-likeness (QED) is 0.474. The van der Waals surface area contributed by atoms with Crippen LogP contribution in [0.5, 0.6) is 5.75 Å². The first-order chi connectivity index (χ1) is 16.6. The van der Waals surface area contributed by atoms with Crippen molar-refractivity contribution in [2.45, 2.75) is 37.8 Å². The molecule has 0 radical (unpaired) electrons. The summed E-state index contributed by atoms with van der Waals surface area (Å²) in [4.78, 5) is 29.1. The van der Waals surface area contributed by atoms with Crippen LogP contribution < -0.4 is 21.3 Å². The molecule has 0 spiro atoms. The Morgan fingerprint density at radius 1 is 1.24 bits per heavy atom. The van der Waals surface area contributed by atoms with Crippen LogP contribution in [-0.2, 0) is 13.0 Å². The molecular weight excluding hydrogens is 448 g/mol. The molecule has 1 saturated heterocycles. The Balaban J connectivity index is 1.29. The molecule has 3 heterocycles. The monoisotopic (exact) mass is 472 g/mol. The van der Waals surface area contributed by atoms with Gasteiger partial charge >= 0.3 is 5.69 Å². The van der Waals surface area contributed by atoms with Gasteiger partial charge in [0.1, 0.15) is 10.4 Å². The van der Waals surface area contributed by atoms with E-state index in [1.165, 1.54) is 27.0 Å². The van der Waals surface area contributed by atoms with E-state index < -0.39 is 5.69 Å². The number of nitrogens with one attached hydrogen (secondary N) is 2. The molecule has 2 N–H and O–H groups in total. The molecule has 0 saturated carbocycles. The van der Waals surface area contributed by atoms with Crippen molar-refractivity contribution < 1.29 is 4.74 Å². The van der Waals surface area contributed by atoms with Crippen molar-refractivity contribution in [2.75, 3.05) is 13.7 Å². The van der Waals surface area contributed by atoms with Crippen LogP contribution in [0, 0.1) is 17.2 Å². The predicted molar refractivity (Wildman–Crippen MR) is 133 cm³/mol. The van der Waals surface area contributed by atoms with Crippen molar-refractivity contribution in [3.63, 3.8) is 0 Å². The van der Waals surface area contributed by atoms with Crippen LogP contribution in [0.2, 0.25) is 0 Å². The Kier molecular flexibility index (Phi) is 5.05. The topological polar surface area (TPSA) is 99.9 Å². The summed E-state index contributed by atoms with van der Waals surface area (Å²) in [7, 11) is 1.72. The molecule has 0 amide bonds. The highest BCUT2D eigenvalue weighted by atomic mass is 32.1. The smallest absolute Gasteiger partial charge is 0.328 e. The summed E-state index contributed by atoms with van der Waals surface area (Å²) in [6.45, 7) is 1.25. The van der Waals surface area contributed by atoms with Crippen LogP contribution in [0.3, 0.4) is 0 Å².